The molecular formula is C18H21F9O6. The first-order valence-corrected chi connectivity index (χ1v) is 9.22. The molecule has 0 N–H and O–H groups in total. The highest BCUT2D eigenvalue weighted by molar-refractivity contribution is 5.76. The largest absolute Gasteiger partial charge is 0.490 e. The Morgan fingerprint density at radius 2 is 0.727 bits per heavy atom. The third-order valence-electron chi connectivity index (χ3n) is 4.91. The maximum absolute atomic E-state index is 12.5. The molecule has 33 heavy (non-hydrogen) atoms. The van der Waals surface area contributed by atoms with Gasteiger partial charge in [0.05, 0.1) is 19.8 Å². The van der Waals surface area contributed by atoms with Gasteiger partial charge in [-0.3, -0.25) is 0 Å². The van der Waals surface area contributed by atoms with Gasteiger partial charge in [-0.05, 0) is 19.3 Å². The average Bonchev–Trinajstić information content (AvgIpc) is 2.58. The second-order valence-electron chi connectivity index (χ2n) is 9.18. The number of hydrogen-bond donors (Lipinski definition) is 0. The van der Waals surface area contributed by atoms with Crippen LogP contribution in [0.4, 0.5) is 39.5 Å². The van der Waals surface area contributed by atoms with Crippen LogP contribution in [-0.2, 0) is 28.6 Å². The van der Waals surface area contributed by atoms with Crippen molar-refractivity contribution in [1.29, 1.82) is 0 Å². The number of hydrogen-bond acceptors (Lipinski definition) is 6. The van der Waals surface area contributed by atoms with Gasteiger partial charge in [-0.25, -0.2) is 14.4 Å². The first-order chi connectivity index (χ1) is 14.5. The third kappa shape index (κ3) is 8.57. The number of halogens is 9. The van der Waals surface area contributed by atoms with Crippen LogP contribution in [0.15, 0.2) is 0 Å². The van der Waals surface area contributed by atoms with E-state index in [-0.39, 0.29) is 19.3 Å². The van der Waals surface area contributed by atoms with Gasteiger partial charge >= 0.3 is 36.4 Å². The molecule has 15 heteroatoms. The van der Waals surface area contributed by atoms with Crippen molar-refractivity contribution in [3.05, 3.63) is 0 Å². The van der Waals surface area contributed by atoms with E-state index in [0.717, 1.165) is 0 Å². The number of alkyl halides is 9. The Labute approximate surface area is 181 Å². The third-order valence-corrected chi connectivity index (χ3v) is 4.91. The second kappa shape index (κ2) is 9.20. The van der Waals surface area contributed by atoms with E-state index in [1.807, 2.05) is 0 Å². The summed E-state index contributed by atoms with van der Waals surface area (Å²) in [6.45, 7) is 1.21. The first-order valence-electron chi connectivity index (χ1n) is 9.22. The Kier molecular flexibility index (Phi) is 8.03. The zero-order chi connectivity index (χ0) is 26.1. The molecule has 192 valence electrons. The summed E-state index contributed by atoms with van der Waals surface area (Å²) in [6, 6.07) is 0. The number of carbonyl (C=O) groups excluding carboxylic acids is 3. The fourth-order valence-electron chi connectivity index (χ4n) is 4.55. The monoisotopic (exact) mass is 504 g/mol. The fraction of sp³-hybridized carbons (Fsp3) is 0.833. The molecule has 1 saturated carbocycles. The van der Waals surface area contributed by atoms with E-state index in [4.69, 9.17) is 0 Å². The summed E-state index contributed by atoms with van der Waals surface area (Å²) < 4.78 is 125. The normalized spacial score (nSPS) is 28.7. The molecule has 0 radical (unpaired) electrons. The van der Waals surface area contributed by atoms with Crippen molar-refractivity contribution >= 4 is 17.9 Å². The molecule has 0 saturated heterocycles. The number of esters is 3. The molecule has 0 spiro atoms. The van der Waals surface area contributed by atoms with Crippen molar-refractivity contribution in [2.45, 2.75) is 58.6 Å². The number of rotatable bonds is 6. The van der Waals surface area contributed by atoms with Gasteiger partial charge in [0.25, 0.3) is 0 Å². The van der Waals surface area contributed by atoms with E-state index < -0.39 is 72.5 Å². The molecule has 6 nitrogen and oxygen atoms in total. The Balaban J connectivity index is 3.12. The smallest absolute Gasteiger partial charge is 0.458 e. The van der Waals surface area contributed by atoms with Crippen LogP contribution in [0.25, 0.3) is 0 Å². The molecule has 0 aromatic carbocycles. The van der Waals surface area contributed by atoms with Crippen LogP contribution in [0.2, 0.25) is 0 Å². The van der Waals surface area contributed by atoms with Gasteiger partial charge in [0, 0.05) is 16.2 Å². The zero-order valence-electron chi connectivity index (χ0n) is 17.6. The standard InChI is InChI=1S/C18H21F9O6/c1-13(7-31-10(28)16(19,20)21)4-14(2,8-32-11(29)17(22,23)24)6-15(3,5-13)9-33-12(30)18(25,26)27/h4-9H2,1-3H3. The SMILES string of the molecule is CC1(COC(=O)C(F)(F)F)CC(C)(COC(=O)C(F)(F)F)CC(C)(COC(=O)C(F)(F)F)C1. The van der Waals surface area contributed by atoms with Gasteiger partial charge < -0.3 is 14.2 Å². The molecule has 0 bridgehead atoms. The van der Waals surface area contributed by atoms with E-state index in [1.54, 1.807) is 0 Å². The lowest BCUT2D eigenvalue weighted by Crippen LogP contribution is -2.49. The summed E-state index contributed by atoms with van der Waals surface area (Å²) in [5, 5.41) is 0. The summed E-state index contributed by atoms with van der Waals surface area (Å²) in [5.74, 6) is -7.61. The lowest BCUT2D eigenvalue weighted by atomic mass is 9.55. The van der Waals surface area contributed by atoms with Gasteiger partial charge in [0.2, 0.25) is 0 Å². The highest BCUT2D eigenvalue weighted by Crippen LogP contribution is 2.55. The highest BCUT2D eigenvalue weighted by atomic mass is 19.4. The molecule has 0 atom stereocenters. The lowest BCUT2D eigenvalue weighted by molar-refractivity contribution is -0.213. The summed E-state index contributed by atoms with van der Waals surface area (Å²) in [4.78, 5) is 33.3. The van der Waals surface area contributed by atoms with Gasteiger partial charge in [-0.15, -0.1) is 0 Å². The molecule has 0 aromatic rings. The van der Waals surface area contributed by atoms with Crippen molar-refractivity contribution in [2.75, 3.05) is 19.8 Å². The Morgan fingerprint density at radius 1 is 0.545 bits per heavy atom. The lowest BCUT2D eigenvalue weighted by Gasteiger charge is -2.52. The molecule has 1 aliphatic rings. The van der Waals surface area contributed by atoms with Crippen molar-refractivity contribution in [2.24, 2.45) is 16.2 Å². The molecule has 1 fully saturated rings. The topological polar surface area (TPSA) is 78.9 Å². The van der Waals surface area contributed by atoms with Crippen molar-refractivity contribution in [1.82, 2.24) is 0 Å². The van der Waals surface area contributed by atoms with Crippen molar-refractivity contribution < 1.29 is 68.1 Å². The Hall–Kier alpha value is -2.22. The predicted molar refractivity (Wildman–Crippen MR) is 89.2 cm³/mol. The van der Waals surface area contributed by atoms with Crippen LogP contribution >= 0.6 is 0 Å². The Morgan fingerprint density at radius 3 is 0.879 bits per heavy atom. The molecule has 1 aliphatic carbocycles. The summed E-state index contributed by atoms with van der Waals surface area (Å²) >= 11 is 0. The van der Waals surface area contributed by atoms with Crippen LogP contribution in [-0.4, -0.2) is 56.3 Å². The van der Waals surface area contributed by atoms with E-state index in [1.165, 1.54) is 20.8 Å². The summed E-state index contributed by atoms with van der Waals surface area (Å²) in [5.41, 5.74) is -4.21. The van der Waals surface area contributed by atoms with Gasteiger partial charge in [-0.2, -0.15) is 39.5 Å². The van der Waals surface area contributed by atoms with Crippen LogP contribution in [0, 0.1) is 16.2 Å². The zero-order valence-corrected chi connectivity index (χ0v) is 17.6. The van der Waals surface area contributed by atoms with E-state index >= 15 is 0 Å². The summed E-state index contributed by atoms with van der Waals surface area (Å²) in [7, 11) is 0. The minimum absolute atomic E-state index is 0.223. The fourth-order valence-corrected chi connectivity index (χ4v) is 4.55. The van der Waals surface area contributed by atoms with Gasteiger partial charge in [0.15, 0.2) is 0 Å². The first kappa shape index (κ1) is 28.8. The molecule has 0 aromatic heterocycles. The van der Waals surface area contributed by atoms with Crippen LogP contribution < -0.4 is 0 Å². The molecule has 0 heterocycles. The molecular weight excluding hydrogens is 483 g/mol. The van der Waals surface area contributed by atoms with Crippen LogP contribution in [0.1, 0.15) is 40.0 Å². The van der Waals surface area contributed by atoms with Crippen LogP contribution in [0.3, 0.4) is 0 Å². The quantitative estimate of drug-likeness (QED) is 0.301. The van der Waals surface area contributed by atoms with E-state index in [0.29, 0.717) is 0 Å². The molecule has 0 unspecified atom stereocenters. The van der Waals surface area contributed by atoms with Gasteiger partial charge in [0.1, 0.15) is 0 Å². The van der Waals surface area contributed by atoms with Crippen molar-refractivity contribution in [3.63, 3.8) is 0 Å². The predicted octanol–water partition coefficient (Wildman–Crippen LogP) is 4.51. The minimum Gasteiger partial charge on any atom is -0.458 e. The molecule has 0 aliphatic heterocycles. The van der Waals surface area contributed by atoms with Crippen LogP contribution in [0.5, 0.6) is 0 Å². The highest BCUT2D eigenvalue weighted by Gasteiger charge is 2.53. The Bertz CT molecular complexity index is 648. The maximum atomic E-state index is 12.5. The second-order valence-corrected chi connectivity index (χ2v) is 9.18. The average molecular weight is 504 g/mol. The van der Waals surface area contributed by atoms with Crippen molar-refractivity contribution in [3.8, 4) is 0 Å². The minimum atomic E-state index is -5.33. The number of ether oxygens (including phenoxy) is 3. The van der Waals surface area contributed by atoms with E-state index in [2.05, 4.69) is 14.2 Å². The van der Waals surface area contributed by atoms with E-state index in [9.17, 15) is 53.9 Å². The summed E-state index contributed by atoms with van der Waals surface area (Å²) in [6.07, 6.45) is -16.7. The maximum Gasteiger partial charge on any atom is 0.490 e. The molecule has 0 amide bonds. The van der Waals surface area contributed by atoms with Gasteiger partial charge in [-0.1, -0.05) is 20.8 Å². The number of carbonyl (C=O) groups is 3. The molecule has 1 rings (SSSR count).